The number of aliphatic hydroxyl groups excluding tert-OH is 1. The highest BCUT2D eigenvalue weighted by Crippen LogP contribution is 2.35. The lowest BCUT2D eigenvalue weighted by Gasteiger charge is -2.44. The van der Waals surface area contributed by atoms with Crippen LogP contribution >= 0.6 is 0 Å². The number of fused-ring (bicyclic) bond motifs is 1. The van der Waals surface area contributed by atoms with E-state index in [-0.39, 0.29) is 6.10 Å². The zero-order valence-corrected chi connectivity index (χ0v) is 12.0. The fourth-order valence-corrected chi connectivity index (χ4v) is 4.08. The van der Waals surface area contributed by atoms with Gasteiger partial charge in [0, 0.05) is 19.1 Å². The van der Waals surface area contributed by atoms with Crippen molar-refractivity contribution in [3.63, 3.8) is 0 Å². The molecule has 0 aromatic heterocycles. The molecule has 0 saturated carbocycles. The van der Waals surface area contributed by atoms with Crippen LogP contribution in [0.3, 0.4) is 0 Å². The number of piperidine rings is 1. The lowest BCUT2D eigenvalue weighted by Crippen LogP contribution is -2.49. The number of aryl methyl sites for hydroxylation is 1. The van der Waals surface area contributed by atoms with Crippen LogP contribution in [0.15, 0.2) is 24.3 Å². The number of aliphatic hydroxyl groups is 1. The number of likely N-dealkylation sites (tertiary alicyclic amines) is 1. The number of hydrogen-bond acceptors (Lipinski definition) is 2. The summed E-state index contributed by atoms with van der Waals surface area (Å²) in [5.74, 6) is 1.52. The third-order valence-electron chi connectivity index (χ3n) is 4.81. The molecule has 0 amide bonds. The van der Waals surface area contributed by atoms with Crippen LogP contribution in [0.5, 0.6) is 0 Å². The van der Waals surface area contributed by atoms with Crippen molar-refractivity contribution in [2.45, 2.75) is 45.3 Å². The molecule has 1 aliphatic carbocycles. The van der Waals surface area contributed by atoms with Gasteiger partial charge in [-0.15, -0.1) is 0 Å². The van der Waals surface area contributed by atoms with Crippen molar-refractivity contribution in [1.29, 1.82) is 0 Å². The Balaban J connectivity index is 1.80. The van der Waals surface area contributed by atoms with Crippen LogP contribution in [0.2, 0.25) is 0 Å². The highest BCUT2D eigenvalue weighted by Gasteiger charge is 2.35. The molecule has 3 rings (SSSR count). The van der Waals surface area contributed by atoms with E-state index in [1.54, 1.807) is 0 Å². The van der Waals surface area contributed by atoms with Gasteiger partial charge in [-0.25, -0.2) is 0 Å². The molecule has 1 heterocycles. The van der Waals surface area contributed by atoms with E-state index in [0.717, 1.165) is 43.3 Å². The fraction of sp³-hybridized carbons (Fsp3) is 0.647. The van der Waals surface area contributed by atoms with Crippen LogP contribution in [0.1, 0.15) is 43.9 Å². The highest BCUT2D eigenvalue weighted by molar-refractivity contribution is 5.32. The highest BCUT2D eigenvalue weighted by atomic mass is 16.3. The van der Waals surface area contributed by atoms with Crippen molar-refractivity contribution in [2.75, 3.05) is 13.1 Å². The number of hydrogen-bond donors (Lipinski definition) is 1. The Labute approximate surface area is 116 Å². The van der Waals surface area contributed by atoms with Crippen LogP contribution in [-0.4, -0.2) is 29.1 Å². The summed E-state index contributed by atoms with van der Waals surface area (Å²) in [5, 5.41) is 10.7. The topological polar surface area (TPSA) is 23.5 Å². The minimum Gasteiger partial charge on any atom is -0.387 e. The van der Waals surface area contributed by atoms with E-state index in [1.807, 2.05) is 6.07 Å². The predicted octanol–water partition coefficient (Wildman–Crippen LogP) is 3.01. The van der Waals surface area contributed by atoms with Crippen molar-refractivity contribution in [3.8, 4) is 0 Å². The molecule has 0 spiro atoms. The average molecular weight is 259 g/mol. The van der Waals surface area contributed by atoms with Gasteiger partial charge in [-0.05, 0) is 42.2 Å². The quantitative estimate of drug-likeness (QED) is 0.838. The molecule has 0 radical (unpaired) electrons. The van der Waals surface area contributed by atoms with Crippen LogP contribution in [-0.2, 0) is 6.42 Å². The maximum Gasteiger partial charge on any atom is 0.0947 e. The summed E-state index contributed by atoms with van der Waals surface area (Å²) in [4.78, 5) is 2.54. The first-order valence-electron chi connectivity index (χ1n) is 7.65. The molecule has 2 aliphatic rings. The molecule has 4 unspecified atom stereocenters. The van der Waals surface area contributed by atoms with Crippen molar-refractivity contribution in [1.82, 2.24) is 4.90 Å². The standard InChI is InChI=1S/C17H25NO/c1-12-9-13(2)11-18(10-12)16-8-7-14-5-3-4-6-15(14)17(16)19/h3-6,12-13,16-17,19H,7-11H2,1-2H3. The molecule has 104 valence electrons. The summed E-state index contributed by atoms with van der Waals surface area (Å²) in [6.45, 7) is 6.97. The van der Waals surface area contributed by atoms with Gasteiger partial charge >= 0.3 is 0 Å². The van der Waals surface area contributed by atoms with Crippen molar-refractivity contribution in [2.24, 2.45) is 11.8 Å². The monoisotopic (exact) mass is 259 g/mol. The molecule has 1 aromatic carbocycles. The molecule has 1 N–H and O–H groups in total. The van der Waals surface area contributed by atoms with Gasteiger partial charge in [0.25, 0.3) is 0 Å². The van der Waals surface area contributed by atoms with Gasteiger partial charge in [0.05, 0.1) is 6.10 Å². The van der Waals surface area contributed by atoms with E-state index in [2.05, 4.69) is 36.9 Å². The summed E-state index contributed by atoms with van der Waals surface area (Å²) >= 11 is 0. The lowest BCUT2D eigenvalue weighted by atomic mass is 9.82. The van der Waals surface area contributed by atoms with Crippen molar-refractivity contribution >= 4 is 0 Å². The van der Waals surface area contributed by atoms with Crippen LogP contribution in [0.25, 0.3) is 0 Å². The summed E-state index contributed by atoms with van der Waals surface area (Å²) in [7, 11) is 0. The summed E-state index contributed by atoms with van der Waals surface area (Å²) in [6, 6.07) is 8.71. The van der Waals surface area contributed by atoms with E-state index in [0.29, 0.717) is 6.04 Å². The molecular weight excluding hydrogens is 234 g/mol. The Kier molecular flexibility index (Phi) is 3.64. The third kappa shape index (κ3) is 2.56. The molecule has 1 aliphatic heterocycles. The maximum atomic E-state index is 10.7. The molecule has 2 heteroatoms. The van der Waals surface area contributed by atoms with Crippen molar-refractivity contribution < 1.29 is 5.11 Å². The number of rotatable bonds is 1. The zero-order chi connectivity index (χ0) is 13.4. The second-order valence-electron chi connectivity index (χ2n) is 6.65. The van der Waals surface area contributed by atoms with E-state index in [9.17, 15) is 5.11 Å². The second kappa shape index (κ2) is 5.26. The Morgan fingerprint density at radius 2 is 1.79 bits per heavy atom. The molecule has 2 nitrogen and oxygen atoms in total. The molecule has 1 saturated heterocycles. The largest absolute Gasteiger partial charge is 0.387 e. The normalized spacial score (nSPS) is 35.9. The minimum absolute atomic E-state index is 0.303. The summed E-state index contributed by atoms with van der Waals surface area (Å²) < 4.78 is 0. The number of benzene rings is 1. The average Bonchev–Trinajstić information content (AvgIpc) is 2.38. The predicted molar refractivity (Wildman–Crippen MR) is 78.0 cm³/mol. The minimum atomic E-state index is -0.303. The molecule has 0 bridgehead atoms. The van der Waals surface area contributed by atoms with Crippen LogP contribution in [0.4, 0.5) is 0 Å². The summed E-state index contributed by atoms with van der Waals surface area (Å²) in [6.07, 6.45) is 3.23. The van der Waals surface area contributed by atoms with E-state index < -0.39 is 0 Å². The first-order valence-corrected chi connectivity index (χ1v) is 7.65. The Morgan fingerprint density at radius 1 is 1.11 bits per heavy atom. The SMILES string of the molecule is CC1CC(C)CN(C2CCc3ccccc3C2O)C1. The van der Waals surface area contributed by atoms with Crippen LogP contribution in [0, 0.1) is 11.8 Å². The Bertz CT molecular complexity index is 435. The fourth-order valence-electron chi connectivity index (χ4n) is 4.08. The molecule has 1 fully saturated rings. The maximum absolute atomic E-state index is 10.7. The number of nitrogens with zero attached hydrogens (tertiary/aromatic N) is 1. The zero-order valence-electron chi connectivity index (χ0n) is 12.0. The smallest absolute Gasteiger partial charge is 0.0947 e. The molecule has 4 atom stereocenters. The van der Waals surface area contributed by atoms with E-state index >= 15 is 0 Å². The van der Waals surface area contributed by atoms with Gasteiger partial charge in [-0.1, -0.05) is 38.1 Å². The third-order valence-corrected chi connectivity index (χ3v) is 4.81. The van der Waals surface area contributed by atoms with Gasteiger partial charge in [-0.3, -0.25) is 4.90 Å². The lowest BCUT2D eigenvalue weighted by molar-refractivity contribution is 0.00268. The summed E-state index contributed by atoms with van der Waals surface area (Å²) in [5.41, 5.74) is 2.49. The van der Waals surface area contributed by atoms with Crippen LogP contribution < -0.4 is 0 Å². The molecular formula is C17H25NO. The Morgan fingerprint density at radius 3 is 2.53 bits per heavy atom. The second-order valence-corrected chi connectivity index (χ2v) is 6.65. The van der Waals surface area contributed by atoms with Gasteiger partial charge < -0.3 is 5.11 Å². The first kappa shape index (κ1) is 13.1. The van der Waals surface area contributed by atoms with Crippen molar-refractivity contribution in [3.05, 3.63) is 35.4 Å². The van der Waals surface area contributed by atoms with Gasteiger partial charge in [-0.2, -0.15) is 0 Å². The van der Waals surface area contributed by atoms with Gasteiger partial charge in [0.1, 0.15) is 0 Å². The van der Waals surface area contributed by atoms with E-state index in [4.69, 9.17) is 0 Å². The van der Waals surface area contributed by atoms with Gasteiger partial charge in [0.15, 0.2) is 0 Å². The van der Waals surface area contributed by atoms with E-state index in [1.165, 1.54) is 12.0 Å². The molecule has 1 aromatic rings. The molecule has 19 heavy (non-hydrogen) atoms. The Hall–Kier alpha value is -0.860. The van der Waals surface area contributed by atoms with Gasteiger partial charge in [0.2, 0.25) is 0 Å². The first-order chi connectivity index (χ1) is 9.15.